The Morgan fingerprint density at radius 2 is 1.68 bits per heavy atom. The molecule has 0 aliphatic rings. The van der Waals surface area contributed by atoms with Gasteiger partial charge in [-0.3, -0.25) is 0 Å². The summed E-state index contributed by atoms with van der Waals surface area (Å²) in [5.41, 5.74) is 3.59. The van der Waals surface area contributed by atoms with Crippen LogP contribution in [0.2, 0.25) is 0 Å². The molecule has 0 spiro atoms. The molecule has 4 aromatic rings. The number of hydrogen-bond acceptors (Lipinski definition) is 1. The quantitative estimate of drug-likeness (QED) is 0.425. The first-order chi connectivity index (χ1) is 9.25. The fourth-order valence-electron chi connectivity index (χ4n) is 2.96. The summed E-state index contributed by atoms with van der Waals surface area (Å²) in [5, 5.41) is 5.11. The summed E-state index contributed by atoms with van der Waals surface area (Å²) < 4.78 is 2.11. The maximum absolute atomic E-state index is 4.59. The van der Waals surface area contributed by atoms with Crippen molar-refractivity contribution >= 4 is 32.6 Å². The number of rotatable bonds is 0. The van der Waals surface area contributed by atoms with Crippen LogP contribution < -0.4 is 0 Å². The second-order valence-electron chi connectivity index (χ2n) is 5.15. The topological polar surface area (TPSA) is 17.8 Å². The molecule has 0 N–H and O–H groups in total. The van der Waals surface area contributed by atoms with Gasteiger partial charge < -0.3 is 4.57 Å². The van der Waals surface area contributed by atoms with Gasteiger partial charge >= 0.3 is 0 Å². The summed E-state index contributed by atoms with van der Waals surface area (Å²) >= 11 is 0. The standard InChI is InChI=1S/C17H14N2/c1-11-7-8-13-15(9-11)12-5-3-4-6-14(12)17-16(13)18-10-19(17)2/h3-10H,1-2H3. The van der Waals surface area contributed by atoms with Gasteiger partial charge in [0.05, 0.1) is 17.4 Å². The lowest BCUT2D eigenvalue weighted by molar-refractivity contribution is 0.951. The van der Waals surface area contributed by atoms with Crippen molar-refractivity contribution < 1.29 is 0 Å². The first-order valence-electron chi connectivity index (χ1n) is 6.48. The highest BCUT2D eigenvalue weighted by Gasteiger charge is 2.11. The molecule has 1 aromatic heterocycles. The zero-order chi connectivity index (χ0) is 13.0. The summed E-state index contributed by atoms with van der Waals surface area (Å²) in [6, 6.07) is 15.2. The van der Waals surface area contributed by atoms with E-state index in [1.165, 1.54) is 32.6 Å². The molecule has 0 fully saturated rings. The molecule has 0 amide bonds. The number of aromatic nitrogens is 2. The van der Waals surface area contributed by atoms with E-state index in [1.54, 1.807) is 0 Å². The Kier molecular flexibility index (Phi) is 1.99. The van der Waals surface area contributed by atoms with Gasteiger partial charge in [-0.05, 0) is 17.7 Å². The van der Waals surface area contributed by atoms with Crippen LogP contribution in [-0.4, -0.2) is 9.55 Å². The lowest BCUT2D eigenvalue weighted by Gasteiger charge is -2.08. The second-order valence-corrected chi connectivity index (χ2v) is 5.15. The molecule has 19 heavy (non-hydrogen) atoms. The first kappa shape index (κ1) is 10.6. The fourth-order valence-corrected chi connectivity index (χ4v) is 2.96. The summed E-state index contributed by atoms with van der Waals surface area (Å²) in [4.78, 5) is 4.59. The van der Waals surface area contributed by atoms with Crippen molar-refractivity contribution in [1.82, 2.24) is 9.55 Å². The number of benzene rings is 3. The molecular weight excluding hydrogens is 232 g/mol. The predicted molar refractivity (Wildman–Crippen MR) is 80.5 cm³/mol. The summed E-state index contributed by atoms with van der Waals surface area (Å²) in [5.74, 6) is 0. The molecule has 0 radical (unpaired) electrons. The first-order valence-corrected chi connectivity index (χ1v) is 6.48. The minimum atomic E-state index is 1.09. The molecule has 0 atom stereocenters. The third-order valence-corrected chi connectivity index (χ3v) is 3.84. The van der Waals surface area contributed by atoms with E-state index in [0.29, 0.717) is 0 Å². The van der Waals surface area contributed by atoms with Crippen molar-refractivity contribution in [2.24, 2.45) is 7.05 Å². The van der Waals surface area contributed by atoms with E-state index < -0.39 is 0 Å². The SMILES string of the molecule is Cc1ccc2c(c1)c1ccccc1c1c2ncn1C. The molecule has 0 bridgehead atoms. The maximum atomic E-state index is 4.59. The van der Waals surface area contributed by atoms with E-state index >= 15 is 0 Å². The Bertz CT molecular complexity index is 932. The average Bonchev–Trinajstić information content (AvgIpc) is 2.81. The molecule has 4 rings (SSSR count). The number of hydrogen-bond donors (Lipinski definition) is 0. The number of nitrogens with zero attached hydrogens (tertiary/aromatic N) is 2. The van der Waals surface area contributed by atoms with Crippen molar-refractivity contribution in [3.8, 4) is 0 Å². The highest BCUT2D eigenvalue weighted by molar-refractivity contribution is 6.23. The second kappa shape index (κ2) is 3.58. The highest BCUT2D eigenvalue weighted by atomic mass is 15.0. The molecule has 0 unspecified atom stereocenters. The van der Waals surface area contributed by atoms with E-state index in [4.69, 9.17) is 0 Å². The third-order valence-electron chi connectivity index (χ3n) is 3.84. The lowest BCUT2D eigenvalue weighted by atomic mass is 9.98. The van der Waals surface area contributed by atoms with Gasteiger partial charge in [0.2, 0.25) is 0 Å². The lowest BCUT2D eigenvalue weighted by Crippen LogP contribution is -1.88. The molecule has 1 heterocycles. The van der Waals surface area contributed by atoms with Crippen molar-refractivity contribution in [1.29, 1.82) is 0 Å². The Hall–Kier alpha value is -2.35. The Labute approximate surface area is 111 Å². The van der Waals surface area contributed by atoms with Crippen LogP contribution in [0.25, 0.3) is 32.6 Å². The van der Waals surface area contributed by atoms with E-state index in [2.05, 4.69) is 66.0 Å². The molecule has 0 aliphatic carbocycles. The number of fused-ring (bicyclic) bond motifs is 6. The van der Waals surface area contributed by atoms with E-state index in [0.717, 1.165) is 5.52 Å². The number of aryl methyl sites for hydroxylation is 2. The van der Waals surface area contributed by atoms with E-state index in [-0.39, 0.29) is 0 Å². The van der Waals surface area contributed by atoms with Gasteiger partial charge in [-0.25, -0.2) is 4.98 Å². The summed E-state index contributed by atoms with van der Waals surface area (Å²) in [7, 11) is 2.06. The molecule has 2 heteroatoms. The van der Waals surface area contributed by atoms with E-state index in [1.807, 2.05) is 6.33 Å². The van der Waals surface area contributed by atoms with Crippen LogP contribution in [-0.2, 0) is 7.05 Å². The maximum Gasteiger partial charge on any atom is 0.0969 e. The van der Waals surface area contributed by atoms with Crippen LogP contribution in [0.5, 0.6) is 0 Å². The minimum absolute atomic E-state index is 1.09. The fraction of sp³-hybridized carbons (Fsp3) is 0.118. The summed E-state index contributed by atoms with van der Waals surface area (Å²) in [6.07, 6.45) is 1.90. The largest absolute Gasteiger partial charge is 0.333 e. The van der Waals surface area contributed by atoms with Gasteiger partial charge in [-0.1, -0.05) is 48.0 Å². The van der Waals surface area contributed by atoms with Gasteiger partial charge in [0.25, 0.3) is 0 Å². The van der Waals surface area contributed by atoms with Crippen molar-refractivity contribution in [3.63, 3.8) is 0 Å². The zero-order valence-electron chi connectivity index (χ0n) is 11.0. The third kappa shape index (κ3) is 1.34. The van der Waals surface area contributed by atoms with E-state index in [9.17, 15) is 0 Å². The Morgan fingerprint density at radius 3 is 2.53 bits per heavy atom. The minimum Gasteiger partial charge on any atom is -0.333 e. The van der Waals surface area contributed by atoms with Crippen LogP contribution in [0, 0.1) is 6.92 Å². The van der Waals surface area contributed by atoms with Crippen molar-refractivity contribution in [2.45, 2.75) is 6.92 Å². The van der Waals surface area contributed by atoms with Gasteiger partial charge in [0.1, 0.15) is 0 Å². The van der Waals surface area contributed by atoms with Crippen LogP contribution in [0.3, 0.4) is 0 Å². The molecule has 0 saturated carbocycles. The zero-order valence-corrected chi connectivity index (χ0v) is 11.0. The Morgan fingerprint density at radius 1 is 0.895 bits per heavy atom. The van der Waals surface area contributed by atoms with Gasteiger partial charge in [-0.15, -0.1) is 0 Å². The molecule has 92 valence electrons. The normalized spacial score (nSPS) is 11.7. The Balaban J connectivity index is 2.44. The van der Waals surface area contributed by atoms with Gasteiger partial charge in [0.15, 0.2) is 0 Å². The van der Waals surface area contributed by atoms with Crippen molar-refractivity contribution in [3.05, 3.63) is 54.4 Å². The number of imidazole rings is 1. The predicted octanol–water partition coefficient (Wildman–Crippen LogP) is 4.19. The molecule has 0 saturated heterocycles. The van der Waals surface area contributed by atoms with Crippen molar-refractivity contribution in [2.75, 3.05) is 0 Å². The summed E-state index contributed by atoms with van der Waals surface area (Å²) in [6.45, 7) is 2.14. The molecule has 2 nitrogen and oxygen atoms in total. The van der Waals surface area contributed by atoms with Crippen LogP contribution in [0.1, 0.15) is 5.56 Å². The molecular formula is C17H14N2. The molecule has 3 aromatic carbocycles. The smallest absolute Gasteiger partial charge is 0.0969 e. The highest BCUT2D eigenvalue weighted by Crippen LogP contribution is 2.34. The van der Waals surface area contributed by atoms with Crippen LogP contribution in [0.4, 0.5) is 0 Å². The van der Waals surface area contributed by atoms with Gasteiger partial charge in [0, 0.05) is 17.8 Å². The van der Waals surface area contributed by atoms with Crippen LogP contribution >= 0.6 is 0 Å². The van der Waals surface area contributed by atoms with Gasteiger partial charge in [-0.2, -0.15) is 0 Å². The van der Waals surface area contributed by atoms with Crippen LogP contribution in [0.15, 0.2) is 48.8 Å². The monoisotopic (exact) mass is 246 g/mol. The molecule has 0 aliphatic heterocycles. The average molecular weight is 246 g/mol.